The van der Waals surface area contributed by atoms with Crippen LogP contribution in [0.15, 0.2) is 0 Å². The fraction of sp³-hybridized carbons (Fsp3) is 1.00. The van der Waals surface area contributed by atoms with Crippen LogP contribution in [0.25, 0.3) is 0 Å². The molecular formula is C16H30N2. The average molecular weight is 250 g/mol. The second-order valence-electron chi connectivity index (χ2n) is 6.74. The van der Waals surface area contributed by atoms with Gasteiger partial charge in [-0.2, -0.15) is 0 Å². The van der Waals surface area contributed by atoms with Gasteiger partial charge in [0.2, 0.25) is 0 Å². The molecule has 0 spiro atoms. The van der Waals surface area contributed by atoms with Crippen LogP contribution in [0.3, 0.4) is 0 Å². The van der Waals surface area contributed by atoms with E-state index in [1.54, 1.807) is 0 Å². The molecular weight excluding hydrogens is 220 g/mol. The molecule has 0 radical (unpaired) electrons. The standard InChI is InChI=1S/C16H30N2/c1-17-14-9-3-5-11-16(14)18-12-6-8-13-7-2-4-10-15(13)18/h13-17H,2-12H2,1H3. The summed E-state index contributed by atoms with van der Waals surface area (Å²) in [4.78, 5) is 2.94. The number of nitrogens with zero attached hydrogens (tertiary/aromatic N) is 1. The Balaban J connectivity index is 1.72. The molecule has 18 heavy (non-hydrogen) atoms. The van der Waals surface area contributed by atoms with Gasteiger partial charge in [0.05, 0.1) is 0 Å². The van der Waals surface area contributed by atoms with Crippen LogP contribution in [0.5, 0.6) is 0 Å². The molecule has 1 saturated heterocycles. The van der Waals surface area contributed by atoms with Crippen molar-refractivity contribution in [3.63, 3.8) is 0 Å². The van der Waals surface area contributed by atoms with Crippen molar-refractivity contribution in [3.05, 3.63) is 0 Å². The smallest absolute Gasteiger partial charge is 0.0252 e. The second kappa shape index (κ2) is 5.92. The number of piperidine rings is 1. The summed E-state index contributed by atoms with van der Waals surface area (Å²) in [5.41, 5.74) is 0. The summed E-state index contributed by atoms with van der Waals surface area (Å²) in [6.07, 6.45) is 14.7. The van der Waals surface area contributed by atoms with Crippen LogP contribution in [0.1, 0.15) is 64.2 Å². The zero-order chi connectivity index (χ0) is 12.4. The fourth-order valence-corrected chi connectivity index (χ4v) is 4.92. The number of likely N-dealkylation sites (tertiary alicyclic amines) is 1. The first-order chi connectivity index (χ1) is 8.90. The Labute approximate surface area is 113 Å². The molecule has 1 N–H and O–H groups in total. The molecule has 2 heteroatoms. The molecule has 1 aliphatic heterocycles. The van der Waals surface area contributed by atoms with Crippen LogP contribution >= 0.6 is 0 Å². The minimum Gasteiger partial charge on any atom is -0.315 e. The number of likely N-dealkylation sites (N-methyl/N-ethyl adjacent to an activating group) is 1. The Kier molecular flexibility index (Phi) is 4.25. The molecule has 3 aliphatic rings. The van der Waals surface area contributed by atoms with Crippen molar-refractivity contribution in [3.8, 4) is 0 Å². The van der Waals surface area contributed by atoms with E-state index in [-0.39, 0.29) is 0 Å². The summed E-state index contributed by atoms with van der Waals surface area (Å²) in [5, 5.41) is 3.61. The molecule has 2 saturated carbocycles. The van der Waals surface area contributed by atoms with Gasteiger partial charge in [-0.3, -0.25) is 4.90 Å². The molecule has 1 heterocycles. The highest BCUT2D eigenvalue weighted by molar-refractivity contribution is 4.95. The van der Waals surface area contributed by atoms with Gasteiger partial charge in [0.1, 0.15) is 0 Å². The monoisotopic (exact) mass is 250 g/mol. The summed E-state index contributed by atoms with van der Waals surface area (Å²) in [7, 11) is 2.17. The van der Waals surface area contributed by atoms with Crippen LogP contribution in [0.2, 0.25) is 0 Å². The molecule has 3 rings (SSSR count). The molecule has 2 nitrogen and oxygen atoms in total. The number of rotatable bonds is 2. The Morgan fingerprint density at radius 2 is 1.44 bits per heavy atom. The van der Waals surface area contributed by atoms with Gasteiger partial charge in [0.15, 0.2) is 0 Å². The van der Waals surface area contributed by atoms with E-state index >= 15 is 0 Å². The lowest BCUT2D eigenvalue weighted by molar-refractivity contribution is 0.00154. The molecule has 104 valence electrons. The SMILES string of the molecule is CNC1CCCCC1N1CCCC2CCCCC21. The number of hydrogen-bond donors (Lipinski definition) is 1. The van der Waals surface area contributed by atoms with Crippen LogP contribution in [0.4, 0.5) is 0 Å². The molecule has 3 fully saturated rings. The highest BCUT2D eigenvalue weighted by Gasteiger charge is 2.39. The summed E-state index contributed by atoms with van der Waals surface area (Å²) in [5.74, 6) is 1.03. The Morgan fingerprint density at radius 3 is 2.28 bits per heavy atom. The van der Waals surface area contributed by atoms with Crippen LogP contribution < -0.4 is 5.32 Å². The number of hydrogen-bond acceptors (Lipinski definition) is 2. The highest BCUT2D eigenvalue weighted by atomic mass is 15.2. The molecule has 0 amide bonds. The summed E-state index contributed by atoms with van der Waals surface area (Å²) < 4.78 is 0. The van der Waals surface area contributed by atoms with Crippen molar-refractivity contribution >= 4 is 0 Å². The molecule has 2 aliphatic carbocycles. The topological polar surface area (TPSA) is 15.3 Å². The van der Waals surface area contributed by atoms with Gasteiger partial charge >= 0.3 is 0 Å². The lowest BCUT2D eigenvalue weighted by atomic mass is 9.76. The molecule has 4 atom stereocenters. The van der Waals surface area contributed by atoms with Crippen molar-refractivity contribution in [2.75, 3.05) is 13.6 Å². The van der Waals surface area contributed by atoms with Crippen LogP contribution in [0, 0.1) is 5.92 Å². The third-order valence-electron chi connectivity index (χ3n) is 5.81. The van der Waals surface area contributed by atoms with E-state index in [0.717, 1.165) is 24.0 Å². The maximum absolute atomic E-state index is 3.61. The lowest BCUT2D eigenvalue weighted by Gasteiger charge is -2.50. The van der Waals surface area contributed by atoms with Crippen molar-refractivity contribution in [2.45, 2.75) is 82.3 Å². The second-order valence-corrected chi connectivity index (χ2v) is 6.74. The maximum atomic E-state index is 3.61. The molecule has 0 aromatic carbocycles. The van der Waals surface area contributed by atoms with Crippen molar-refractivity contribution in [1.82, 2.24) is 10.2 Å². The summed E-state index contributed by atoms with van der Waals surface area (Å²) in [6, 6.07) is 2.54. The predicted molar refractivity (Wildman–Crippen MR) is 76.8 cm³/mol. The van der Waals surface area contributed by atoms with Crippen molar-refractivity contribution in [2.24, 2.45) is 5.92 Å². The third-order valence-corrected chi connectivity index (χ3v) is 5.81. The lowest BCUT2D eigenvalue weighted by Crippen LogP contribution is -2.58. The first kappa shape index (κ1) is 12.9. The third kappa shape index (κ3) is 2.46. The zero-order valence-corrected chi connectivity index (χ0v) is 12.0. The normalized spacial score (nSPS) is 42.5. The minimum atomic E-state index is 0.763. The van der Waals surface area contributed by atoms with Gasteiger partial charge in [0.25, 0.3) is 0 Å². The largest absolute Gasteiger partial charge is 0.315 e. The fourth-order valence-electron chi connectivity index (χ4n) is 4.92. The molecule has 0 aromatic heterocycles. The van der Waals surface area contributed by atoms with E-state index in [1.165, 1.54) is 70.8 Å². The average Bonchev–Trinajstić information content (AvgIpc) is 2.46. The summed E-state index contributed by atoms with van der Waals surface area (Å²) in [6.45, 7) is 1.38. The Morgan fingerprint density at radius 1 is 0.778 bits per heavy atom. The van der Waals surface area contributed by atoms with Crippen LogP contribution in [-0.2, 0) is 0 Å². The van der Waals surface area contributed by atoms with E-state index in [1.807, 2.05) is 0 Å². The Hall–Kier alpha value is -0.0800. The predicted octanol–water partition coefficient (Wildman–Crippen LogP) is 3.17. The molecule has 4 unspecified atom stereocenters. The number of nitrogens with one attached hydrogen (secondary N) is 1. The first-order valence-electron chi connectivity index (χ1n) is 8.33. The summed E-state index contributed by atoms with van der Waals surface area (Å²) >= 11 is 0. The van der Waals surface area contributed by atoms with E-state index in [9.17, 15) is 0 Å². The van der Waals surface area contributed by atoms with E-state index in [4.69, 9.17) is 0 Å². The van der Waals surface area contributed by atoms with Gasteiger partial charge in [-0.15, -0.1) is 0 Å². The zero-order valence-electron chi connectivity index (χ0n) is 12.0. The van der Waals surface area contributed by atoms with Crippen molar-refractivity contribution < 1.29 is 0 Å². The van der Waals surface area contributed by atoms with E-state index in [2.05, 4.69) is 17.3 Å². The van der Waals surface area contributed by atoms with E-state index < -0.39 is 0 Å². The highest BCUT2D eigenvalue weighted by Crippen LogP contribution is 2.38. The first-order valence-corrected chi connectivity index (χ1v) is 8.33. The minimum absolute atomic E-state index is 0.763. The van der Waals surface area contributed by atoms with E-state index in [0.29, 0.717) is 0 Å². The van der Waals surface area contributed by atoms with Gasteiger partial charge in [-0.1, -0.05) is 25.7 Å². The van der Waals surface area contributed by atoms with Crippen molar-refractivity contribution in [1.29, 1.82) is 0 Å². The quantitative estimate of drug-likeness (QED) is 0.810. The van der Waals surface area contributed by atoms with Crippen LogP contribution in [-0.4, -0.2) is 36.6 Å². The van der Waals surface area contributed by atoms with Gasteiger partial charge in [0, 0.05) is 18.1 Å². The number of fused-ring (bicyclic) bond motifs is 1. The Bertz CT molecular complexity index is 264. The van der Waals surface area contributed by atoms with Gasteiger partial charge in [-0.05, 0) is 58.0 Å². The molecule has 0 aromatic rings. The molecule has 0 bridgehead atoms. The van der Waals surface area contributed by atoms with Gasteiger partial charge in [-0.25, -0.2) is 0 Å². The maximum Gasteiger partial charge on any atom is 0.0252 e. The van der Waals surface area contributed by atoms with Gasteiger partial charge < -0.3 is 5.32 Å².